The van der Waals surface area contributed by atoms with E-state index in [1.54, 1.807) is 21.3 Å². The minimum absolute atomic E-state index is 0. The summed E-state index contributed by atoms with van der Waals surface area (Å²) in [5.41, 5.74) is 0. The maximum Gasteiger partial charge on any atom is 2.00 e. The summed E-state index contributed by atoms with van der Waals surface area (Å²) in [6.45, 7) is 0. The second-order valence-electron chi connectivity index (χ2n) is 3.65. The molecule has 8 amide bonds. The van der Waals surface area contributed by atoms with E-state index in [4.69, 9.17) is 0 Å². The number of urea groups is 2. The monoisotopic (exact) mass is 443 g/mol. The minimum Gasteiger partial charge on any atom is -0.275 e. The van der Waals surface area contributed by atoms with Gasteiger partial charge in [0.25, 0.3) is 23.6 Å². The number of carbonyl (C=O) groups is 6. The van der Waals surface area contributed by atoms with Crippen LogP contribution in [-0.4, -0.2) is 96.7 Å². The Morgan fingerprint density at radius 3 is 1.05 bits per heavy atom. The molecule has 0 aromatic carbocycles. The maximum absolute atomic E-state index is 11.3. The van der Waals surface area contributed by atoms with Crippen LogP contribution in [-0.2, 0) is 19.2 Å². The summed E-state index contributed by atoms with van der Waals surface area (Å²) in [7, 11) is 0. The first-order valence-electron chi connectivity index (χ1n) is 5.10. The maximum atomic E-state index is 11.3. The van der Waals surface area contributed by atoms with E-state index in [0.29, 0.717) is 0 Å². The van der Waals surface area contributed by atoms with Crippen LogP contribution in [0.15, 0.2) is 10.2 Å². The van der Waals surface area contributed by atoms with Gasteiger partial charge in [0.1, 0.15) is 0 Å². The minimum atomic E-state index is -1.70. The van der Waals surface area contributed by atoms with Crippen LogP contribution < -0.4 is 50.8 Å². The number of nitrogens with one attached hydrogen (secondary N) is 4. The van der Waals surface area contributed by atoms with Gasteiger partial charge in [-0.05, 0) is 0 Å². The van der Waals surface area contributed by atoms with Gasteiger partial charge in [0.05, 0.1) is 0 Å². The Kier molecular flexibility index (Phi) is 8.63. The SMILES string of the molecule is O=C1NC(=O)C(N=NC2C(=O)NC(=O)NC2=O)C(=O)N1.[Ba+2].[Na+]. The second-order valence-corrected chi connectivity index (χ2v) is 3.65. The molecule has 0 radical (unpaired) electrons. The third-order valence-corrected chi connectivity index (χ3v) is 2.24. The van der Waals surface area contributed by atoms with Crippen molar-refractivity contribution in [1.29, 1.82) is 0 Å². The molecular formula is C8H6BaN6NaO6+3. The molecule has 2 saturated heterocycles. The first-order valence-corrected chi connectivity index (χ1v) is 5.10. The smallest absolute Gasteiger partial charge is 0.275 e. The van der Waals surface area contributed by atoms with Crippen molar-refractivity contribution in [2.45, 2.75) is 12.1 Å². The largest absolute Gasteiger partial charge is 2.00 e. The van der Waals surface area contributed by atoms with Crippen LogP contribution in [0.2, 0.25) is 0 Å². The molecule has 2 aliphatic rings. The Bertz CT molecular complexity index is 504. The summed E-state index contributed by atoms with van der Waals surface area (Å²) in [4.78, 5) is 66.8. The van der Waals surface area contributed by atoms with E-state index in [0.717, 1.165) is 0 Å². The summed E-state index contributed by atoms with van der Waals surface area (Å²) < 4.78 is 0. The van der Waals surface area contributed by atoms with Gasteiger partial charge in [0.2, 0.25) is 12.1 Å². The van der Waals surface area contributed by atoms with Gasteiger partial charge in [-0.25, -0.2) is 9.59 Å². The molecule has 0 bridgehead atoms. The third-order valence-electron chi connectivity index (χ3n) is 2.24. The van der Waals surface area contributed by atoms with Gasteiger partial charge in [-0.1, -0.05) is 0 Å². The first-order chi connectivity index (χ1) is 9.38. The van der Waals surface area contributed by atoms with Crippen LogP contribution in [0, 0.1) is 0 Å². The Morgan fingerprint density at radius 2 is 0.818 bits per heavy atom. The topological polar surface area (TPSA) is 175 Å². The number of carbonyl (C=O) groups excluding carboxylic acids is 6. The zero-order valence-corrected chi connectivity index (χ0v) is 17.6. The number of rotatable bonds is 2. The molecule has 2 aliphatic heterocycles. The van der Waals surface area contributed by atoms with E-state index in [9.17, 15) is 28.8 Å². The van der Waals surface area contributed by atoms with E-state index in [2.05, 4.69) is 10.2 Å². The molecule has 0 atom stereocenters. The van der Waals surface area contributed by atoms with E-state index < -0.39 is 47.8 Å². The molecule has 2 rings (SSSR count). The quantitative estimate of drug-likeness (QED) is 0.188. The summed E-state index contributed by atoms with van der Waals surface area (Å²) >= 11 is 0. The Hall–Kier alpha value is -0.609. The molecule has 0 saturated carbocycles. The second kappa shape index (κ2) is 8.88. The number of hydrogen-bond donors (Lipinski definition) is 4. The van der Waals surface area contributed by atoms with Crippen LogP contribution in [0.3, 0.4) is 0 Å². The summed E-state index contributed by atoms with van der Waals surface area (Å²) in [5, 5.41) is 13.5. The fraction of sp³-hybridized carbons (Fsp3) is 0.250. The zero-order valence-electron chi connectivity index (χ0n) is 11.2. The summed E-state index contributed by atoms with van der Waals surface area (Å²) in [5.74, 6) is -4.18. The molecule has 0 aromatic heterocycles. The molecule has 0 aromatic rings. The van der Waals surface area contributed by atoms with Crippen molar-refractivity contribution in [2.24, 2.45) is 10.2 Å². The molecule has 2 fully saturated rings. The van der Waals surface area contributed by atoms with Gasteiger partial charge in [0.15, 0.2) is 0 Å². The standard InChI is InChI=1S/C8H6N6O6.Ba.Na/c15-3-1(4(16)10-7(19)9-3)13-14-2-5(17)11-8(20)12-6(2)18;;/h1-2H,(H2,9,10,15,16,19)(H2,11,12,17,18,20);;/q;+2;+1. The molecule has 4 N–H and O–H groups in total. The summed E-state index contributed by atoms with van der Waals surface area (Å²) in [6, 6.07) is -5.42. The first kappa shape index (κ1) is 21.4. The molecular weight excluding hydrogens is 436 g/mol. The average molecular weight is 442 g/mol. The normalized spacial score (nSPS) is 19.6. The van der Waals surface area contributed by atoms with Gasteiger partial charge < -0.3 is 0 Å². The van der Waals surface area contributed by atoms with Crippen LogP contribution in [0.5, 0.6) is 0 Å². The predicted octanol–water partition coefficient (Wildman–Crippen LogP) is -6.47. The summed E-state index contributed by atoms with van der Waals surface area (Å²) in [6.07, 6.45) is 0. The number of nitrogens with zero attached hydrogens (tertiary/aromatic N) is 2. The molecule has 2 heterocycles. The van der Waals surface area contributed by atoms with Crippen molar-refractivity contribution in [1.82, 2.24) is 21.3 Å². The van der Waals surface area contributed by atoms with Crippen molar-refractivity contribution < 1.29 is 58.3 Å². The van der Waals surface area contributed by atoms with Crippen LogP contribution in [0.25, 0.3) is 0 Å². The molecule has 14 heteroatoms. The van der Waals surface area contributed by atoms with E-state index in [1.165, 1.54) is 0 Å². The zero-order chi connectivity index (χ0) is 14.9. The van der Waals surface area contributed by atoms with Crippen molar-refractivity contribution in [3.05, 3.63) is 0 Å². The van der Waals surface area contributed by atoms with Gasteiger partial charge in [-0.3, -0.25) is 40.4 Å². The average Bonchev–Trinajstić information content (AvgIpc) is 2.30. The van der Waals surface area contributed by atoms with Crippen molar-refractivity contribution >= 4 is 84.6 Å². The van der Waals surface area contributed by atoms with Gasteiger partial charge in [0, 0.05) is 0 Å². The van der Waals surface area contributed by atoms with Crippen LogP contribution in [0.1, 0.15) is 0 Å². The molecule has 12 nitrogen and oxygen atoms in total. The number of imide groups is 4. The number of azo groups is 1. The van der Waals surface area contributed by atoms with Gasteiger partial charge in [-0.15, -0.1) is 0 Å². The van der Waals surface area contributed by atoms with Gasteiger partial charge >= 0.3 is 90.5 Å². The number of amides is 8. The van der Waals surface area contributed by atoms with Crippen molar-refractivity contribution in [3.8, 4) is 0 Å². The Morgan fingerprint density at radius 1 is 0.591 bits per heavy atom. The van der Waals surface area contributed by atoms with Crippen LogP contribution >= 0.6 is 0 Å². The van der Waals surface area contributed by atoms with E-state index in [-0.39, 0.29) is 78.4 Å². The van der Waals surface area contributed by atoms with E-state index >= 15 is 0 Å². The number of hydrogen-bond acceptors (Lipinski definition) is 8. The fourth-order valence-corrected chi connectivity index (χ4v) is 1.36. The molecule has 0 aliphatic carbocycles. The predicted molar refractivity (Wildman–Crippen MR) is 61.5 cm³/mol. The fourth-order valence-electron chi connectivity index (χ4n) is 1.36. The molecule has 0 spiro atoms. The Balaban J connectivity index is 0.00000220. The van der Waals surface area contributed by atoms with Gasteiger partial charge in [-0.2, -0.15) is 10.2 Å². The van der Waals surface area contributed by atoms with Crippen LogP contribution in [0.4, 0.5) is 9.59 Å². The third kappa shape index (κ3) is 4.95. The molecule has 104 valence electrons. The Labute approximate surface area is 184 Å². The molecule has 22 heavy (non-hydrogen) atoms. The van der Waals surface area contributed by atoms with Crippen molar-refractivity contribution in [3.63, 3.8) is 0 Å². The number of barbiturate groups is 2. The van der Waals surface area contributed by atoms with Crippen molar-refractivity contribution in [2.75, 3.05) is 0 Å². The van der Waals surface area contributed by atoms with E-state index in [1.807, 2.05) is 0 Å². The molecule has 0 unspecified atom stereocenters.